The van der Waals surface area contributed by atoms with Crippen molar-refractivity contribution in [3.8, 4) is 6.07 Å². The zero-order valence-corrected chi connectivity index (χ0v) is 7.90. The van der Waals surface area contributed by atoms with Gasteiger partial charge in [0, 0.05) is 5.75 Å². The van der Waals surface area contributed by atoms with Crippen LogP contribution in [-0.2, 0) is 12.2 Å². The van der Waals surface area contributed by atoms with Gasteiger partial charge in [0.25, 0.3) is 0 Å². The average Bonchev–Trinajstić information content (AvgIpc) is 2.09. The van der Waals surface area contributed by atoms with Gasteiger partial charge in [0.1, 0.15) is 0 Å². The van der Waals surface area contributed by atoms with E-state index in [4.69, 9.17) is 5.26 Å². The van der Waals surface area contributed by atoms with Crippen molar-refractivity contribution in [1.82, 2.24) is 0 Å². The summed E-state index contributed by atoms with van der Waals surface area (Å²) in [5, 5.41) is 8.44. The maximum Gasteiger partial charge on any atom is 0.0669 e. The van der Waals surface area contributed by atoms with Crippen molar-refractivity contribution in [2.45, 2.75) is 12.2 Å². The quantitative estimate of drug-likeness (QED) is 0.708. The van der Waals surface area contributed by atoms with Crippen molar-refractivity contribution in [2.24, 2.45) is 0 Å². The molecule has 0 amide bonds. The zero-order chi connectivity index (χ0) is 8.81. The third kappa shape index (κ3) is 2.60. The van der Waals surface area contributed by atoms with Gasteiger partial charge in [-0.1, -0.05) is 24.3 Å². The first-order chi connectivity index (χ1) is 5.86. The molecular weight excluding hydrogens is 166 g/mol. The second kappa shape index (κ2) is 4.84. The molecule has 2 heteroatoms. The maximum atomic E-state index is 8.44. The fraction of sp³-hybridized carbons (Fsp3) is 0.300. The van der Waals surface area contributed by atoms with Gasteiger partial charge in [0.05, 0.1) is 12.5 Å². The van der Waals surface area contributed by atoms with Crippen molar-refractivity contribution in [3.05, 3.63) is 35.4 Å². The number of thioether (sulfide) groups is 1. The first-order valence-corrected chi connectivity index (χ1v) is 5.20. The van der Waals surface area contributed by atoms with E-state index in [-0.39, 0.29) is 0 Å². The molecule has 0 aliphatic carbocycles. The minimum Gasteiger partial charge on any atom is -0.198 e. The highest BCUT2D eigenvalue weighted by Crippen LogP contribution is 2.10. The van der Waals surface area contributed by atoms with Crippen LogP contribution in [-0.4, -0.2) is 6.26 Å². The zero-order valence-electron chi connectivity index (χ0n) is 7.08. The summed E-state index contributed by atoms with van der Waals surface area (Å²) in [6, 6.07) is 10.3. The van der Waals surface area contributed by atoms with E-state index in [1.165, 1.54) is 5.56 Å². The number of nitrogens with zero attached hydrogens (tertiary/aromatic N) is 1. The van der Waals surface area contributed by atoms with Gasteiger partial charge >= 0.3 is 0 Å². The standard InChI is InChI=1S/C10H11NS/c1-12-8-10-4-2-9(3-5-10)6-7-11/h2-5H,6,8H2,1H3. The summed E-state index contributed by atoms with van der Waals surface area (Å²) < 4.78 is 0. The summed E-state index contributed by atoms with van der Waals surface area (Å²) in [7, 11) is 0. The van der Waals surface area contributed by atoms with Crippen molar-refractivity contribution in [2.75, 3.05) is 6.26 Å². The maximum absolute atomic E-state index is 8.44. The number of benzene rings is 1. The van der Waals surface area contributed by atoms with Crippen LogP contribution < -0.4 is 0 Å². The predicted octanol–water partition coefficient (Wildman–Crippen LogP) is 2.62. The Kier molecular flexibility index (Phi) is 3.69. The minimum atomic E-state index is 0.513. The molecule has 0 atom stereocenters. The molecule has 0 spiro atoms. The predicted molar refractivity (Wildman–Crippen MR) is 53.0 cm³/mol. The lowest BCUT2D eigenvalue weighted by molar-refractivity contribution is 1.25. The monoisotopic (exact) mass is 177 g/mol. The molecule has 0 bridgehead atoms. The number of hydrogen-bond acceptors (Lipinski definition) is 2. The molecule has 0 radical (unpaired) electrons. The van der Waals surface area contributed by atoms with E-state index in [2.05, 4.69) is 24.5 Å². The van der Waals surface area contributed by atoms with Crippen LogP contribution in [0.2, 0.25) is 0 Å². The van der Waals surface area contributed by atoms with Crippen LogP contribution in [0.4, 0.5) is 0 Å². The summed E-state index contributed by atoms with van der Waals surface area (Å²) in [6.07, 6.45) is 2.60. The molecule has 0 unspecified atom stereocenters. The van der Waals surface area contributed by atoms with Gasteiger partial charge in [0.2, 0.25) is 0 Å². The summed E-state index contributed by atoms with van der Waals surface area (Å²) in [5.74, 6) is 1.05. The Hall–Kier alpha value is -0.940. The molecule has 0 heterocycles. The number of hydrogen-bond donors (Lipinski definition) is 0. The molecule has 1 rings (SSSR count). The van der Waals surface area contributed by atoms with Crippen LogP contribution in [0, 0.1) is 11.3 Å². The van der Waals surface area contributed by atoms with Crippen molar-refractivity contribution in [3.63, 3.8) is 0 Å². The SMILES string of the molecule is CSCc1ccc(CC#N)cc1. The Labute approximate surface area is 77.4 Å². The third-order valence-electron chi connectivity index (χ3n) is 1.62. The summed E-state index contributed by atoms with van der Waals surface area (Å²) in [6.45, 7) is 0. The van der Waals surface area contributed by atoms with Crippen molar-refractivity contribution >= 4 is 11.8 Å². The Morgan fingerprint density at radius 3 is 2.33 bits per heavy atom. The molecule has 62 valence electrons. The van der Waals surface area contributed by atoms with E-state index < -0.39 is 0 Å². The third-order valence-corrected chi connectivity index (χ3v) is 2.24. The van der Waals surface area contributed by atoms with Crippen molar-refractivity contribution < 1.29 is 0 Å². The van der Waals surface area contributed by atoms with Gasteiger partial charge in [-0.3, -0.25) is 0 Å². The largest absolute Gasteiger partial charge is 0.198 e. The van der Waals surface area contributed by atoms with E-state index in [0.29, 0.717) is 6.42 Å². The van der Waals surface area contributed by atoms with Crippen molar-refractivity contribution in [1.29, 1.82) is 5.26 Å². The molecule has 0 N–H and O–H groups in total. The Morgan fingerprint density at radius 1 is 1.25 bits per heavy atom. The summed E-state index contributed by atoms with van der Waals surface area (Å²) >= 11 is 1.81. The topological polar surface area (TPSA) is 23.8 Å². The molecule has 1 aromatic rings. The molecule has 1 nitrogen and oxygen atoms in total. The molecular formula is C10H11NS. The lowest BCUT2D eigenvalue weighted by Gasteiger charge is -1.98. The molecule has 12 heavy (non-hydrogen) atoms. The smallest absolute Gasteiger partial charge is 0.0669 e. The molecule has 0 aliphatic heterocycles. The lowest BCUT2D eigenvalue weighted by Crippen LogP contribution is -1.83. The van der Waals surface area contributed by atoms with E-state index in [0.717, 1.165) is 11.3 Å². The van der Waals surface area contributed by atoms with Gasteiger partial charge in [-0.05, 0) is 17.4 Å². The van der Waals surface area contributed by atoms with E-state index in [1.807, 2.05) is 23.9 Å². The Bertz CT molecular complexity index is 271. The van der Waals surface area contributed by atoms with Gasteiger partial charge in [-0.15, -0.1) is 0 Å². The van der Waals surface area contributed by atoms with Crippen LogP contribution in [0.25, 0.3) is 0 Å². The molecule has 0 saturated carbocycles. The highest BCUT2D eigenvalue weighted by Gasteiger charge is 1.92. The average molecular weight is 177 g/mol. The molecule has 1 aromatic carbocycles. The second-order valence-electron chi connectivity index (χ2n) is 2.58. The Balaban J connectivity index is 2.66. The molecule has 0 fully saturated rings. The number of nitriles is 1. The van der Waals surface area contributed by atoms with Crippen LogP contribution in [0.15, 0.2) is 24.3 Å². The van der Waals surface area contributed by atoms with Gasteiger partial charge < -0.3 is 0 Å². The van der Waals surface area contributed by atoms with E-state index in [9.17, 15) is 0 Å². The van der Waals surface area contributed by atoms with Crippen LogP contribution >= 0.6 is 11.8 Å². The first kappa shape index (κ1) is 9.15. The van der Waals surface area contributed by atoms with Crippen LogP contribution in [0.5, 0.6) is 0 Å². The Morgan fingerprint density at radius 2 is 1.83 bits per heavy atom. The lowest BCUT2D eigenvalue weighted by atomic mass is 10.1. The second-order valence-corrected chi connectivity index (χ2v) is 3.45. The highest BCUT2D eigenvalue weighted by molar-refractivity contribution is 7.97. The van der Waals surface area contributed by atoms with Gasteiger partial charge in [-0.2, -0.15) is 17.0 Å². The van der Waals surface area contributed by atoms with Gasteiger partial charge in [0.15, 0.2) is 0 Å². The number of rotatable bonds is 3. The van der Waals surface area contributed by atoms with Gasteiger partial charge in [-0.25, -0.2) is 0 Å². The normalized spacial score (nSPS) is 9.33. The molecule has 0 aliphatic rings. The van der Waals surface area contributed by atoms with E-state index >= 15 is 0 Å². The van der Waals surface area contributed by atoms with Crippen LogP contribution in [0.3, 0.4) is 0 Å². The first-order valence-electron chi connectivity index (χ1n) is 3.80. The van der Waals surface area contributed by atoms with E-state index in [1.54, 1.807) is 0 Å². The summed E-state index contributed by atoms with van der Waals surface area (Å²) in [5.41, 5.74) is 2.42. The summed E-state index contributed by atoms with van der Waals surface area (Å²) in [4.78, 5) is 0. The fourth-order valence-electron chi connectivity index (χ4n) is 1.01. The minimum absolute atomic E-state index is 0.513. The molecule has 0 saturated heterocycles. The molecule has 0 aromatic heterocycles. The van der Waals surface area contributed by atoms with Crippen LogP contribution in [0.1, 0.15) is 11.1 Å². The fourth-order valence-corrected chi connectivity index (χ4v) is 1.54. The highest BCUT2D eigenvalue weighted by atomic mass is 32.2.